The summed E-state index contributed by atoms with van der Waals surface area (Å²) in [5.74, 6) is 0. The molecule has 1 aliphatic heterocycles. The molecule has 1 aromatic carbocycles. The molecule has 0 unspecified atom stereocenters. The monoisotopic (exact) mass is 414 g/mol. The molecule has 0 N–H and O–H groups in total. The number of fused-ring (bicyclic) bond motifs is 2. The lowest BCUT2D eigenvalue weighted by atomic mass is 10.0. The summed E-state index contributed by atoms with van der Waals surface area (Å²) in [6, 6.07) is 13.4. The molecule has 0 bridgehead atoms. The van der Waals surface area contributed by atoms with Crippen LogP contribution in [0.15, 0.2) is 52.0 Å². The third-order valence-corrected chi connectivity index (χ3v) is 6.12. The van der Waals surface area contributed by atoms with Crippen LogP contribution in [-0.4, -0.2) is 39.7 Å². The summed E-state index contributed by atoms with van der Waals surface area (Å²) < 4.78 is 7.23. The van der Waals surface area contributed by atoms with Gasteiger partial charge < -0.3 is 18.8 Å². The molecular formula is C23H22N6O2. The number of anilines is 2. The first-order valence-corrected chi connectivity index (χ1v) is 10.2. The molecule has 31 heavy (non-hydrogen) atoms. The summed E-state index contributed by atoms with van der Waals surface area (Å²) in [6.07, 6.45) is 1.48. The number of oxazole rings is 1. The van der Waals surface area contributed by atoms with Crippen LogP contribution in [0.3, 0.4) is 0 Å². The normalized spacial score (nSPS) is 19.2. The van der Waals surface area contributed by atoms with Crippen LogP contribution in [-0.2, 0) is 7.05 Å². The van der Waals surface area contributed by atoms with Crippen molar-refractivity contribution in [3.8, 4) is 6.07 Å². The average molecular weight is 414 g/mol. The molecule has 1 saturated heterocycles. The van der Waals surface area contributed by atoms with Gasteiger partial charge in [-0.2, -0.15) is 5.26 Å². The van der Waals surface area contributed by atoms with E-state index in [0.29, 0.717) is 17.8 Å². The fourth-order valence-electron chi connectivity index (χ4n) is 4.49. The zero-order valence-electron chi connectivity index (χ0n) is 17.6. The van der Waals surface area contributed by atoms with E-state index in [9.17, 15) is 10.1 Å². The lowest BCUT2D eigenvalue weighted by Crippen LogP contribution is -2.57. The summed E-state index contributed by atoms with van der Waals surface area (Å²) in [5, 5.41) is 9.33. The Balaban J connectivity index is 1.57. The van der Waals surface area contributed by atoms with E-state index in [1.807, 2.05) is 12.1 Å². The number of rotatable bonds is 2. The maximum absolute atomic E-state index is 12.7. The number of benzene rings is 1. The maximum Gasteiger partial charge on any atom is 0.252 e. The van der Waals surface area contributed by atoms with Crippen molar-refractivity contribution in [1.29, 1.82) is 5.26 Å². The molecule has 4 aromatic rings. The van der Waals surface area contributed by atoms with Crippen molar-refractivity contribution in [3.63, 3.8) is 0 Å². The number of aromatic nitrogens is 3. The summed E-state index contributed by atoms with van der Waals surface area (Å²) in [6.45, 7) is 5.74. The molecule has 8 heteroatoms. The molecule has 0 spiro atoms. The molecule has 3 aromatic heterocycles. The van der Waals surface area contributed by atoms with E-state index >= 15 is 0 Å². The molecule has 1 aliphatic rings. The predicted octanol–water partition coefficient (Wildman–Crippen LogP) is 3.05. The van der Waals surface area contributed by atoms with Gasteiger partial charge in [-0.05, 0) is 38.1 Å². The number of nitrogens with zero attached hydrogens (tertiary/aromatic N) is 6. The van der Waals surface area contributed by atoms with Crippen LogP contribution >= 0.6 is 0 Å². The van der Waals surface area contributed by atoms with E-state index < -0.39 is 0 Å². The highest BCUT2D eigenvalue weighted by atomic mass is 16.3. The highest BCUT2D eigenvalue weighted by molar-refractivity contribution is 5.90. The lowest BCUT2D eigenvalue weighted by Gasteiger charge is -2.46. The second-order valence-corrected chi connectivity index (χ2v) is 8.08. The molecule has 0 aliphatic carbocycles. The summed E-state index contributed by atoms with van der Waals surface area (Å²) in [7, 11) is 1.73. The van der Waals surface area contributed by atoms with Crippen LogP contribution in [0, 0.1) is 11.3 Å². The van der Waals surface area contributed by atoms with E-state index in [0.717, 1.165) is 34.5 Å². The highest BCUT2D eigenvalue weighted by Crippen LogP contribution is 2.33. The topological polar surface area (TPSA) is 91.2 Å². The summed E-state index contributed by atoms with van der Waals surface area (Å²) in [4.78, 5) is 26.0. The molecule has 8 nitrogen and oxygen atoms in total. The number of hydrogen-bond donors (Lipinski definition) is 0. The zero-order valence-corrected chi connectivity index (χ0v) is 17.6. The van der Waals surface area contributed by atoms with E-state index in [1.54, 1.807) is 29.8 Å². The number of hydrogen-bond acceptors (Lipinski definition) is 7. The largest absolute Gasteiger partial charge is 0.441 e. The van der Waals surface area contributed by atoms with Crippen molar-refractivity contribution in [3.05, 3.63) is 58.8 Å². The van der Waals surface area contributed by atoms with Gasteiger partial charge in [-0.15, -0.1) is 0 Å². The van der Waals surface area contributed by atoms with Crippen LogP contribution in [0.5, 0.6) is 0 Å². The van der Waals surface area contributed by atoms with Crippen LogP contribution in [0.1, 0.15) is 19.5 Å². The second-order valence-electron chi connectivity index (χ2n) is 8.08. The van der Waals surface area contributed by atoms with Crippen LogP contribution < -0.4 is 15.4 Å². The van der Waals surface area contributed by atoms with E-state index in [2.05, 4.69) is 45.8 Å². The van der Waals surface area contributed by atoms with Gasteiger partial charge in [0.25, 0.3) is 5.56 Å². The van der Waals surface area contributed by atoms with Crippen molar-refractivity contribution < 1.29 is 4.42 Å². The van der Waals surface area contributed by atoms with Gasteiger partial charge in [0.1, 0.15) is 22.8 Å². The molecule has 5 rings (SSSR count). The molecule has 0 amide bonds. The van der Waals surface area contributed by atoms with E-state index in [-0.39, 0.29) is 17.6 Å². The van der Waals surface area contributed by atoms with Gasteiger partial charge in [-0.25, -0.2) is 9.97 Å². The smallest absolute Gasteiger partial charge is 0.252 e. The van der Waals surface area contributed by atoms with Gasteiger partial charge in [-0.1, -0.05) is 6.07 Å². The van der Waals surface area contributed by atoms with Crippen molar-refractivity contribution in [2.45, 2.75) is 25.9 Å². The van der Waals surface area contributed by atoms with Gasteiger partial charge in [0, 0.05) is 38.3 Å². The van der Waals surface area contributed by atoms with Crippen LogP contribution in [0.4, 0.5) is 11.4 Å². The predicted molar refractivity (Wildman–Crippen MR) is 119 cm³/mol. The zero-order chi connectivity index (χ0) is 21.7. The fourth-order valence-corrected chi connectivity index (χ4v) is 4.49. The van der Waals surface area contributed by atoms with Crippen molar-refractivity contribution in [2.75, 3.05) is 22.9 Å². The molecule has 1 fully saturated rings. The molecule has 0 radical (unpaired) electrons. The quantitative estimate of drug-likeness (QED) is 0.498. The summed E-state index contributed by atoms with van der Waals surface area (Å²) >= 11 is 0. The number of aryl methyl sites for hydroxylation is 1. The Labute approximate surface area is 179 Å². The lowest BCUT2D eigenvalue weighted by molar-refractivity contribution is 0.480. The maximum atomic E-state index is 12.7. The van der Waals surface area contributed by atoms with Crippen molar-refractivity contribution in [1.82, 2.24) is 14.5 Å². The Morgan fingerprint density at radius 2 is 1.84 bits per heavy atom. The van der Waals surface area contributed by atoms with Crippen molar-refractivity contribution in [2.24, 2.45) is 7.05 Å². The minimum atomic E-state index is -0.0947. The molecule has 4 heterocycles. The Kier molecular flexibility index (Phi) is 4.40. The Hall–Kier alpha value is -3.86. The number of piperazine rings is 1. The van der Waals surface area contributed by atoms with Crippen LogP contribution in [0.25, 0.3) is 22.1 Å². The van der Waals surface area contributed by atoms with Gasteiger partial charge in [0.05, 0.1) is 16.9 Å². The minimum Gasteiger partial charge on any atom is -0.441 e. The van der Waals surface area contributed by atoms with E-state index in [4.69, 9.17) is 4.42 Å². The fraction of sp³-hybridized carbons (Fsp3) is 0.304. The standard InChI is InChI=1S/C23H22N6O2/c1-14-12-29(15(2)11-28(14)19-6-4-5-17-23(19)31-13-25-17)20-9-21(30)27(3)18-8-7-16(10-24)26-22(18)20/h4-9,13-15H,11-12H2,1-3H3/t14-,15+/m1/s1. The first kappa shape index (κ1) is 19.1. The highest BCUT2D eigenvalue weighted by Gasteiger charge is 2.32. The van der Waals surface area contributed by atoms with Gasteiger partial charge in [0.15, 0.2) is 12.0 Å². The SMILES string of the molecule is C[C@@H]1CN(c2cc(=O)n(C)c3ccc(C#N)nc23)[C@@H](C)CN1c1cccc2ncoc12. The third kappa shape index (κ3) is 3.01. The van der Waals surface area contributed by atoms with Crippen molar-refractivity contribution >= 4 is 33.5 Å². The minimum absolute atomic E-state index is 0.0947. The van der Waals surface area contributed by atoms with Crippen LogP contribution in [0.2, 0.25) is 0 Å². The second kappa shape index (κ2) is 7.13. The van der Waals surface area contributed by atoms with Gasteiger partial charge >= 0.3 is 0 Å². The summed E-state index contributed by atoms with van der Waals surface area (Å²) in [5.41, 5.74) is 5.05. The first-order valence-electron chi connectivity index (χ1n) is 10.2. The number of para-hydroxylation sites is 1. The molecule has 0 saturated carbocycles. The van der Waals surface area contributed by atoms with E-state index in [1.165, 1.54) is 6.39 Å². The molecule has 156 valence electrons. The average Bonchev–Trinajstić information content (AvgIpc) is 3.26. The van der Waals surface area contributed by atoms with Gasteiger partial charge in [0.2, 0.25) is 0 Å². The molecule has 2 atom stereocenters. The third-order valence-electron chi connectivity index (χ3n) is 6.12. The first-order chi connectivity index (χ1) is 15.0. The Morgan fingerprint density at radius 3 is 2.58 bits per heavy atom. The van der Waals surface area contributed by atoms with Gasteiger partial charge in [-0.3, -0.25) is 4.79 Å². The molecular weight excluding hydrogens is 392 g/mol. The number of nitriles is 1. The Morgan fingerprint density at radius 1 is 1.10 bits per heavy atom. The number of pyridine rings is 2. The Bertz CT molecular complexity index is 1400.